The smallest absolute Gasteiger partial charge is 0.261 e. The molecule has 3 heterocycles. The standard InChI is InChI=1S/C23H24N4O2S/c28-22-17-6-1-2-7-18(17)23(29)27(22)11-5-10-25-12-14-26(15-13-25)16-21-24-19-8-3-4-9-20(19)30-21/h1-4,6-9H,5,10-16H2. The Labute approximate surface area is 179 Å². The molecular formula is C23H24N4O2S. The molecule has 1 aromatic heterocycles. The summed E-state index contributed by atoms with van der Waals surface area (Å²) >= 11 is 1.78. The maximum atomic E-state index is 12.5. The first-order valence-corrected chi connectivity index (χ1v) is 11.2. The van der Waals surface area contributed by atoms with Crippen LogP contribution in [0.3, 0.4) is 0 Å². The van der Waals surface area contributed by atoms with Gasteiger partial charge in [-0.15, -0.1) is 11.3 Å². The predicted molar refractivity (Wildman–Crippen MR) is 118 cm³/mol. The van der Waals surface area contributed by atoms with Crippen molar-refractivity contribution < 1.29 is 9.59 Å². The Kier molecular flexibility index (Phi) is 5.33. The van der Waals surface area contributed by atoms with Crippen LogP contribution in [0, 0.1) is 0 Å². The molecule has 0 unspecified atom stereocenters. The number of carbonyl (C=O) groups excluding carboxylic acids is 2. The fraction of sp³-hybridized carbons (Fsp3) is 0.348. The Hall–Kier alpha value is -2.61. The minimum atomic E-state index is -0.156. The molecule has 2 aliphatic heterocycles. The lowest BCUT2D eigenvalue weighted by Gasteiger charge is -2.34. The zero-order valence-electron chi connectivity index (χ0n) is 16.8. The first-order valence-electron chi connectivity index (χ1n) is 10.4. The van der Waals surface area contributed by atoms with E-state index in [-0.39, 0.29) is 11.8 Å². The second kappa shape index (κ2) is 8.26. The van der Waals surface area contributed by atoms with E-state index >= 15 is 0 Å². The number of rotatable bonds is 6. The Morgan fingerprint density at radius 2 is 1.43 bits per heavy atom. The second-order valence-corrected chi connectivity index (χ2v) is 8.97. The van der Waals surface area contributed by atoms with E-state index in [1.807, 2.05) is 6.07 Å². The van der Waals surface area contributed by atoms with Gasteiger partial charge in [-0.25, -0.2) is 4.98 Å². The summed E-state index contributed by atoms with van der Waals surface area (Å²) in [5, 5.41) is 1.18. The van der Waals surface area contributed by atoms with E-state index in [0.29, 0.717) is 17.7 Å². The Morgan fingerprint density at radius 3 is 2.13 bits per heavy atom. The third-order valence-corrected chi connectivity index (χ3v) is 6.92. The average molecular weight is 421 g/mol. The quantitative estimate of drug-likeness (QED) is 0.574. The molecule has 7 heteroatoms. The number of thiazole rings is 1. The van der Waals surface area contributed by atoms with Crippen molar-refractivity contribution in [3.05, 3.63) is 64.7 Å². The minimum Gasteiger partial charge on any atom is -0.301 e. The maximum Gasteiger partial charge on any atom is 0.261 e. The Balaban J connectivity index is 1.08. The first-order chi connectivity index (χ1) is 14.7. The molecule has 3 aromatic rings. The zero-order valence-corrected chi connectivity index (χ0v) is 17.6. The first kappa shape index (κ1) is 19.4. The number of fused-ring (bicyclic) bond motifs is 2. The van der Waals surface area contributed by atoms with Crippen molar-refractivity contribution >= 4 is 33.4 Å². The van der Waals surface area contributed by atoms with Crippen LogP contribution in [0.25, 0.3) is 10.2 Å². The monoisotopic (exact) mass is 420 g/mol. The van der Waals surface area contributed by atoms with Gasteiger partial charge in [-0.2, -0.15) is 0 Å². The van der Waals surface area contributed by atoms with Gasteiger partial charge >= 0.3 is 0 Å². The molecule has 30 heavy (non-hydrogen) atoms. The van der Waals surface area contributed by atoms with E-state index in [9.17, 15) is 9.59 Å². The van der Waals surface area contributed by atoms with E-state index in [1.165, 1.54) is 14.6 Å². The number of nitrogens with zero attached hydrogens (tertiary/aromatic N) is 4. The van der Waals surface area contributed by atoms with Gasteiger partial charge in [0.1, 0.15) is 5.01 Å². The molecule has 0 atom stereocenters. The Morgan fingerprint density at radius 1 is 0.800 bits per heavy atom. The van der Waals surface area contributed by atoms with Crippen LogP contribution in [0.15, 0.2) is 48.5 Å². The van der Waals surface area contributed by atoms with Gasteiger partial charge in [0.05, 0.1) is 27.9 Å². The number of hydrogen-bond acceptors (Lipinski definition) is 6. The lowest BCUT2D eigenvalue weighted by Crippen LogP contribution is -2.46. The molecule has 154 valence electrons. The van der Waals surface area contributed by atoms with E-state index in [4.69, 9.17) is 4.98 Å². The second-order valence-electron chi connectivity index (χ2n) is 7.85. The SMILES string of the molecule is O=C1c2ccccc2C(=O)N1CCCN1CCN(Cc2nc3ccccc3s2)CC1. The highest BCUT2D eigenvalue weighted by molar-refractivity contribution is 7.18. The lowest BCUT2D eigenvalue weighted by atomic mass is 10.1. The summed E-state index contributed by atoms with van der Waals surface area (Å²) in [6.07, 6.45) is 0.809. The van der Waals surface area contributed by atoms with Crippen LogP contribution in [-0.4, -0.2) is 70.8 Å². The average Bonchev–Trinajstić information content (AvgIpc) is 3.29. The van der Waals surface area contributed by atoms with Gasteiger partial charge < -0.3 is 4.90 Å². The van der Waals surface area contributed by atoms with Gasteiger partial charge in [0.15, 0.2) is 0 Å². The van der Waals surface area contributed by atoms with E-state index in [2.05, 4.69) is 28.0 Å². The summed E-state index contributed by atoms with van der Waals surface area (Å²) in [6, 6.07) is 15.4. The van der Waals surface area contributed by atoms with Crippen molar-refractivity contribution in [2.24, 2.45) is 0 Å². The summed E-state index contributed by atoms with van der Waals surface area (Å²) < 4.78 is 1.25. The summed E-state index contributed by atoms with van der Waals surface area (Å²) in [6.45, 7) is 6.34. The molecule has 0 N–H and O–H groups in total. The molecule has 0 bridgehead atoms. The highest BCUT2D eigenvalue weighted by atomic mass is 32.1. The maximum absolute atomic E-state index is 12.5. The third kappa shape index (κ3) is 3.76. The Bertz CT molecular complexity index is 1020. The summed E-state index contributed by atoms with van der Waals surface area (Å²) in [5.41, 5.74) is 2.15. The molecule has 2 amide bonds. The van der Waals surface area contributed by atoms with Crippen molar-refractivity contribution in [2.75, 3.05) is 39.3 Å². The number of imide groups is 1. The number of piperazine rings is 1. The van der Waals surface area contributed by atoms with Gasteiger partial charge in [0, 0.05) is 32.7 Å². The number of benzene rings is 2. The molecule has 0 aliphatic carbocycles. The predicted octanol–water partition coefficient (Wildman–Crippen LogP) is 3.10. The van der Waals surface area contributed by atoms with Crippen molar-refractivity contribution in [2.45, 2.75) is 13.0 Å². The summed E-state index contributed by atoms with van der Waals surface area (Å²) in [5.74, 6) is -0.312. The minimum absolute atomic E-state index is 0.156. The van der Waals surface area contributed by atoms with Crippen molar-refractivity contribution in [1.29, 1.82) is 0 Å². The van der Waals surface area contributed by atoms with Crippen molar-refractivity contribution in [3.8, 4) is 0 Å². The molecule has 0 spiro atoms. The molecule has 2 aromatic carbocycles. The van der Waals surface area contributed by atoms with Gasteiger partial charge in [0.25, 0.3) is 11.8 Å². The molecule has 0 radical (unpaired) electrons. The largest absolute Gasteiger partial charge is 0.301 e. The van der Waals surface area contributed by atoms with Crippen molar-refractivity contribution in [1.82, 2.24) is 19.7 Å². The van der Waals surface area contributed by atoms with E-state index in [1.54, 1.807) is 35.6 Å². The number of hydrogen-bond donors (Lipinski definition) is 0. The number of aromatic nitrogens is 1. The van der Waals surface area contributed by atoms with Crippen LogP contribution < -0.4 is 0 Å². The normalized spacial score (nSPS) is 17.8. The van der Waals surface area contributed by atoms with Crippen LogP contribution >= 0.6 is 11.3 Å². The highest BCUT2D eigenvalue weighted by Crippen LogP contribution is 2.24. The zero-order chi connectivity index (χ0) is 20.5. The van der Waals surface area contributed by atoms with Crippen LogP contribution in [0.2, 0.25) is 0 Å². The van der Waals surface area contributed by atoms with E-state index < -0.39 is 0 Å². The fourth-order valence-electron chi connectivity index (χ4n) is 4.24. The summed E-state index contributed by atoms with van der Waals surface area (Å²) in [4.78, 5) is 35.9. The van der Waals surface area contributed by atoms with Gasteiger partial charge in [-0.1, -0.05) is 24.3 Å². The van der Waals surface area contributed by atoms with Crippen LogP contribution in [0.1, 0.15) is 32.1 Å². The van der Waals surface area contributed by atoms with Crippen molar-refractivity contribution in [3.63, 3.8) is 0 Å². The van der Waals surface area contributed by atoms with Gasteiger partial charge in [-0.3, -0.25) is 19.4 Å². The van der Waals surface area contributed by atoms with E-state index in [0.717, 1.165) is 51.2 Å². The summed E-state index contributed by atoms with van der Waals surface area (Å²) in [7, 11) is 0. The topological polar surface area (TPSA) is 56.8 Å². The van der Waals surface area contributed by atoms with Crippen LogP contribution in [0.5, 0.6) is 0 Å². The number of carbonyl (C=O) groups is 2. The van der Waals surface area contributed by atoms with Gasteiger partial charge in [-0.05, 0) is 37.2 Å². The molecule has 1 saturated heterocycles. The number of amides is 2. The lowest BCUT2D eigenvalue weighted by molar-refractivity contribution is 0.0640. The molecule has 5 rings (SSSR count). The highest BCUT2D eigenvalue weighted by Gasteiger charge is 2.34. The van der Waals surface area contributed by atoms with Gasteiger partial charge in [0.2, 0.25) is 0 Å². The fourth-order valence-corrected chi connectivity index (χ4v) is 5.25. The molecule has 2 aliphatic rings. The number of para-hydroxylation sites is 1. The molecule has 6 nitrogen and oxygen atoms in total. The molecule has 0 saturated carbocycles. The van der Waals surface area contributed by atoms with Crippen LogP contribution in [-0.2, 0) is 6.54 Å². The van der Waals surface area contributed by atoms with Crippen LogP contribution in [0.4, 0.5) is 0 Å². The molecule has 1 fully saturated rings. The third-order valence-electron chi connectivity index (χ3n) is 5.90. The molecular weight excluding hydrogens is 396 g/mol.